The molecule has 3 atom stereocenters. The van der Waals surface area contributed by atoms with Crippen molar-refractivity contribution in [2.24, 2.45) is 27.9 Å². The quantitative estimate of drug-likeness (QED) is 0.0611. The monoisotopic (exact) mass is 476 g/mol. The zero-order chi connectivity index (χ0) is 24.7. The Balaban J connectivity index is 4.77. The molecule has 0 fully saturated rings. The highest BCUT2D eigenvalue weighted by atomic mass is 32.2. The number of hydrogen-bond donors (Lipinski definition) is 8. The van der Waals surface area contributed by atoms with E-state index < -0.39 is 54.3 Å². The maximum Gasteiger partial charge on any atom is 0.326 e. The van der Waals surface area contributed by atoms with Crippen LogP contribution < -0.4 is 38.9 Å². The van der Waals surface area contributed by atoms with E-state index in [1.54, 1.807) is 0 Å². The molecule has 0 heterocycles. The molecule has 0 aromatic carbocycles. The molecule has 0 radical (unpaired) electrons. The Morgan fingerprint density at radius 3 is 2.19 bits per heavy atom. The molecule has 4 amide bonds. The SMILES string of the molecule is CSCCC(NC(=O)C(N)CC(N)=O)C(=O)NCC(=O)NC(CCCN=C(N)N)C(=O)O. The largest absolute Gasteiger partial charge is 0.480 e. The molecular formula is C17H32N8O6S. The van der Waals surface area contributed by atoms with Gasteiger partial charge in [-0.25, -0.2) is 4.79 Å². The number of aliphatic imine (C=N–C) groups is 1. The standard InChI is InChI=1S/C17H32N8O6S/c1-32-6-4-10(25-14(28)9(18)7-12(19)26)15(29)23-8-13(27)24-11(16(30)31)3-2-5-22-17(20)21/h9-11H,2-8,18H2,1H3,(H2,19,26)(H,23,29)(H,24,27)(H,25,28)(H,30,31)(H4,20,21,22). The predicted octanol–water partition coefficient (Wildman–Crippen LogP) is -3.83. The molecule has 3 unspecified atom stereocenters. The van der Waals surface area contributed by atoms with Gasteiger partial charge in [-0.2, -0.15) is 11.8 Å². The minimum atomic E-state index is -1.25. The van der Waals surface area contributed by atoms with Gasteiger partial charge in [-0.15, -0.1) is 0 Å². The van der Waals surface area contributed by atoms with E-state index in [1.165, 1.54) is 11.8 Å². The molecule has 14 nitrogen and oxygen atoms in total. The molecule has 0 saturated heterocycles. The van der Waals surface area contributed by atoms with Crippen molar-refractivity contribution in [3.8, 4) is 0 Å². The minimum absolute atomic E-state index is 0.0793. The number of thioether (sulfide) groups is 1. The number of carbonyl (C=O) groups is 5. The number of rotatable bonds is 16. The van der Waals surface area contributed by atoms with Gasteiger partial charge in [-0.3, -0.25) is 24.2 Å². The highest BCUT2D eigenvalue weighted by Gasteiger charge is 2.25. The van der Waals surface area contributed by atoms with Crippen LogP contribution in [0, 0.1) is 0 Å². The van der Waals surface area contributed by atoms with E-state index in [9.17, 15) is 29.1 Å². The third kappa shape index (κ3) is 13.3. The number of guanidine groups is 1. The van der Waals surface area contributed by atoms with Crippen LogP contribution in [0.5, 0.6) is 0 Å². The Hall–Kier alpha value is -3.07. The van der Waals surface area contributed by atoms with E-state index in [0.717, 1.165) is 0 Å². The van der Waals surface area contributed by atoms with Gasteiger partial charge in [0.1, 0.15) is 12.1 Å². The molecule has 0 rings (SSSR count). The number of carboxylic acids is 1. The van der Waals surface area contributed by atoms with Crippen molar-refractivity contribution >= 4 is 47.3 Å². The van der Waals surface area contributed by atoms with E-state index in [4.69, 9.17) is 22.9 Å². The van der Waals surface area contributed by atoms with E-state index in [1.807, 2.05) is 6.26 Å². The summed E-state index contributed by atoms with van der Waals surface area (Å²) in [5.74, 6) is -3.74. The summed E-state index contributed by atoms with van der Waals surface area (Å²) in [6.07, 6.45) is 2.06. The molecule has 32 heavy (non-hydrogen) atoms. The molecule has 0 aliphatic rings. The summed E-state index contributed by atoms with van der Waals surface area (Å²) in [7, 11) is 0. The van der Waals surface area contributed by atoms with Gasteiger partial charge in [0.15, 0.2) is 5.96 Å². The topological polar surface area (TPSA) is 258 Å². The van der Waals surface area contributed by atoms with Gasteiger partial charge in [0, 0.05) is 6.54 Å². The number of amides is 4. The van der Waals surface area contributed by atoms with Gasteiger partial charge in [-0.1, -0.05) is 0 Å². The zero-order valence-corrected chi connectivity index (χ0v) is 18.7. The van der Waals surface area contributed by atoms with E-state index >= 15 is 0 Å². The van der Waals surface area contributed by atoms with Crippen molar-refractivity contribution in [3.05, 3.63) is 0 Å². The normalized spacial score (nSPS) is 13.2. The second kappa shape index (κ2) is 15.7. The summed E-state index contributed by atoms with van der Waals surface area (Å²) < 4.78 is 0. The predicted molar refractivity (Wildman–Crippen MR) is 119 cm³/mol. The first kappa shape index (κ1) is 28.9. The summed E-state index contributed by atoms with van der Waals surface area (Å²) in [5, 5.41) is 16.3. The summed E-state index contributed by atoms with van der Waals surface area (Å²) in [6, 6.07) is -3.40. The van der Waals surface area contributed by atoms with E-state index in [2.05, 4.69) is 20.9 Å². The van der Waals surface area contributed by atoms with E-state index in [-0.39, 0.29) is 31.8 Å². The van der Waals surface area contributed by atoms with Crippen LogP contribution in [-0.4, -0.2) is 83.9 Å². The Labute approximate surface area is 189 Å². The fraction of sp³-hybridized carbons (Fsp3) is 0.647. The van der Waals surface area contributed by atoms with Gasteiger partial charge < -0.3 is 44.0 Å². The van der Waals surface area contributed by atoms with Crippen LogP contribution in [-0.2, 0) is 24.0 Å². The Morgan fingerprint density at radius 2 is 1.66 bits per heavy atom. The van der Waals surface area contributed by atoms with E-state index in [0.29, 0.717) is 12.2 Å². The number of nitrogens with two attached hydrogens (primary N) is 4. The number of hydrogen-bond acceptors (Lipinski definition) is 8. The lowest BCUT2D eigenvalue weighted by Crippen LogP contribution is -2.54. The highest BCUT2D eigenvalue weighted by molar-refractivity contribution is 7.98. The van der Waals surface area contributed by atoms with Gasteiger partial charge in [-0.05, 0) is 31.3 Å². The molecule has 0 spiro atoms. The van der Waals surface area contributed by atoms with Crippen LogP contribution in [0.1, 0.15) is 25.7 Å². The van der Waals surface area contributed by atoms with Gasteiger partial charge >= 0.3 is 5.97 Å². The van der Waals surface area contributed by atoms with Crippen LogP contribution >= 0.6 is 11.8 Å². The lowest BCUT2D eigenvalue weighted by atomic mass is 10.1. The lowest BCUT2D eigenvalue weighted by Gasteiger charge is -2.20. The van der Waals surface area contributed by atoms with Gasteiger partial charge in [0.05, 0.1) is 19.0 Å². The van der Waals surface area contributed by atoms with Crippen LogP contribution in [0.4, 0.5) is 0 Å². The molecular weight excluding hydrogens is 444 g/mol. The van der Waals surface area contributed by atoms with Crippen LogP contribution in [0.15, 0.2) is 4.99 Å². The maximum absolute atomic E-state index is 12.4. The molecule has 182 valence electrons. The molecule has 15 heteroatoms. The van der Waals surface area contributed by atoms with Gasteiger partial charge in [0.25, 0.3) is 0 Å². The Kier molecular flexibility index (Phi) is 14.2. The average molecular weight is 477 g/mol. The number of carbonyl (C=O) groups excluding carboxylic acids is 4. The first-order valence-corrected chi connectivity index (χ1v) is 11.1. The van der Waals surface area contributed by atoms with Crippen molar-refractivity contribution in [2.45, 2.75) is 43.8 Å². The second-order valence-electron chi connectivity index (χ2n) is 6.74. The molecule has 0 bridgehead atoms. The van der Waals surface area contributed by atoms with Crippen molar-refractivity contribution in [1.29, 1.82) is 0 Å². The number of primary amides is 1. The molecule has 12 N–H and O–H groups in total. The Morgan fingerprint density at radius 1 is 1.00 bits per heavy atom. The minimum Gasteiger partial charge on any atom is -0.480 e. The number of nitrogens with zero attached hydrogens (tertiary/aromatic N) is 1. The van der Waals surface area contributed by atoms with Crippen molar-refractivity contribution in [2.75, 3.05) is 25.1 Å². The smallest absolute Gasteiger partial charge is 0.326 e. The highest BCUT2D eigenvalue weighted by Crippen LogP contribution is 2.03. The molecule has 0 aromatic heterocycles. The van der Waals surface area contributed by atoms with Crippen LogP contribution in [0.25, 0.3) is 0 Å². The fourth-order valence-corrected chi connectivity index (χ4v) is 2.86. The molecule has 0 saturated carbocycles. The zero-order valence-electron chi connectivity index (χ0n) is 17.8. The molecule has 0 aromatic rings. The van der Waals surface area contributed by atoms with Crippen molar-refractivity contribution in [3.63, 3.8) is 0 Å². The summed E-state index contributed by atoms with van der Waals surface area (Å²) in [4.78, 5) is 62.5. The average Bonchev–Trinajstić information content (AvgIpc) is 2.70. The summed E-state index contributed by atoms with van der Waals surface area (Å²) in [6.45, 7) is -0.303. The third-order valence-corrected chi connectivity index (χ3v) is 4.65. The number of nitrogens with one attached hydrogen (secondary N) is 3. The lowest BCUT2D eigenvalue weighted by molar-refractivity contribution is -0.142. The first-order valence-electron chi connectivity index (χ1n) is 9.66. The second-order valence-corrected chi connectivity index (χ2v) is 7.73. The van der Waals surface area contributed by atoms with Gasteiger partial charge in [0.2, 0.25) is 23.6 Å². The molecule has 0 aliphatic heterocycles. The number of aliphatic carboxylic acids is 1. The summed E-state index contributed by atoms with van der Waals surface area (Å²) in [5.41, 5.74) is 21.0. The fourth-order valence-electron chi connectivity index (χ4n) is 2.39. The van der Waals surface area contributed by atoms with Crippen LogP contribution in [0.3, 0.4) is 0 Å². The molecule has 0 aliphatic carbocycles. The third-order valence-electron chi connectivity index (χ3n) is 4.00. The Bertz CT molecular complexity index is 701. The first-order chi connectivity index (χ1) is 15.0. The maximum atomic E-state index is 12.4. The van der Waals surface area contributed by atoms with Crippen molar-refractivity contribution in [1.82, 2.24) is 16.0 Å². The summed E-state index contributed by atoms with van der Waals surface area (Å²) >= 11 is 1.43. The van der Waals surface area contributed by atoms with Crippen LogP contribution in [0.2, 0.25) is 0 Å². The number of carboxylic acid groups (broad SMARTS) is 1. The van der Waals surface area contributed by atoms with Crippen molar-refractivity contribution < 1.29 is 29.1 Å².